The fraction of sp³-hybridized carbons (Fsp3) is 0.357. The lowest BCUT2D eigenvalue weighted by atomic mass is 10.3. The van der Waals surface area contributed by atoms with Crippen LogP contribution in [0.2, 0.25) is 0 Å². The van der Waals surface area contributed by atoms with E-state index in [0.717, 1.165) is 12.0 Å². The molecule has 0 N–H and O–H groups in total. The molecule has 0 radical (unpaired) electrons. The second-order valence-corrected chi connectivity index (χ2v) is 3.72. The summed E-state index contributed by atoms with van der Waals surface area (Å²) in [5, 5.41) is 0. The lowest BCUT2D eigenvalue weighted by molar-refractivity contribution is 0.259. The molecule has 0 saturated carbocycles. The van der Waals surface area contributed by atoms with Crippen molar-refractivity contribution < 1.29 is 4.74 Å². The maximum atomic E-state index is 5.62. The molecule has 16 heavy (non-hydrogen) atoms. The zero-order valence-corrected chi connectivity index (χ0v) is 10.2. The van der Waals surface area contributed by atoms with Gasteiger partial charge in [0.2, 0.25) is 5.88 Å². The lowest BCUT2D eigenvalue weighted by Crippen LogP contribution is -2.08. The Hall–Kier alpha value is -1.57. The molecular weight excluding hydrogens is 198 g/mol. The molecule has 1 atom stereocenters. The van der Waals surface area contributed by atoms with Gasteiger partial charge in [0.15, 0.2) is 0 Å². The summed E-state index contributed by atoms with van der Waals surface area (Å²) in [6.45, 7) is 6.12. The molecule has 0 aliphatic rings. The van der Waals surface area contributed by atoms with Crippen LogP contribution in [0, 0.1) is 6.92 Å². The van der Waals surface area contributed by atoms with Crippen LogP contribution in [0.15, 0.2) is 42.6 Å². The SMILES string of the molecule is CC/C=C\C=C/C(C)Oc1ccc(C)cn1. The van der Waals surface area contributed by atoms with E-state index in [-0.39, 0.29) is 6.10 Å². The quantitative estimate of drug-likeness (QED) is 0.702. The van der Waals surface area contributed by atoms with Gasteiger partial charge in [0.1, 0.15) is 6.10 Å². The maximum absolute atomic E-state index is 5.62. The zero-order chi connectivity index (χ0) is 11.8. The molecule has 0 aliphatic heterocycles. The van der Waals surface area contributed by atoms with Gasteiger partial charge >= 0.3 is 0 Å². The molecule has 0 bridgehead atoms. The van der Waals surface area contributed by atoms with E-state index in [1.165, 1.54) is 0 Å². The Morgan fingerprint density at radius 3 is 2.81 bits per heavy atom. The average molecular weight is 217 g/mol. The highest BCUT2D eigenvalue weighted by Gasteiger charge is 1.99. The van der Waals surface area contributed by atoms with Crippen LogP contribution >= 0.6 is 0 Å². The predicted molar refractivity (Wildman–Crippen MR) is 67.6 cm³/mol. The van der Waals surface area contributed by atoms with Crippen LogP contribution in [0.3, 0.4) is 0 Å². The summed E-state index contributed by atoms with van der Waals surface area (Å²) in [6.07, 6.45) is 11.0. The minimum atomic E-state index is 0.0386. The molecule has 0 fully saturated rings. The third-order valence-electron chi connectivity index (χ3n) is 2.06. The summed E-state index contributed by atoms with van der Waals surface area (Å²) in [5.74, 6) is 0.669. The van der Waals surface area contributed by atoms with Gasteiger partial charge in [0.05, 0.1) is 0 Å². The number of aryl methyl sites for hydroxylation is 1. The molecule has 1 aromatic heterocycles. The van der Waals surface area contributed by atoms with E-state index >= 15 is 0 Å². The summed E-state index contributed by atoms with van der Waals surface area (Å²) in [5.41, 5.74) is 1.14. The first-order valence-electron chi connectivity index (χ1n) is 5.65. The smallest absolute Gasteiger partial charge is 0.213 e. The van der Waals surface area contributed by atoms with E-state index < -0.39 is 0 Å². The molecule has 86 valence electrons. The van der Waals surface area contributed by atoms with Crippen molar-refractivity contribution in [2.45, 2.75) is 33.3 Å². The van der Waals surface area contributed by atoms with Crippen LogP contribution < -0.4 is 4.74 Å². The number of ether oxygens (including phenoxy) is 1. The van der Waals surface area contributed by atoms with Gasteiger partial charge in [-0.15, -0.1) is 0 Å². The van der Waals surface area contributed by atoms with Crippen molar-refractivity contribution in [3.05, 3.63) is 48.2 Å². The van der Waals surface area contributed by atoms with Crippen molar-refractivity contribution in [2.75, 3.05) is 0 Å². The van der Waals surface area contributed by atoms with Gasteiger partial charge in [0, 0.05) is 12.3 Å². The average Bonchev–Trinajstić information content (AvgIpc) is 2.28. The van der Waals surface area contributed by atoms with E-state index in [9.17, 15) is 0 Å². The Morgan fingerprint density at radius 2 is 2.19 bits per heavy atom. The molecule has 0 aromatic carbocycles. The van der Waals surface area contributed by atoms with Gasteiger partial charge in [-0.05, 0) is 31.9 Å². The van der Waals surface area contributed by atoms with Gasteiger partial charge in [-0.25, -0.2) is 4.98 Å². The van der Waals surface area contributed by atoms with Gasteiger partial charge in [-0.3, -0.25) is 0 Å². The monoisotopic (exact) mass is 217 g/mol. The second kappa shape index (κ2) is 6.83. The summed E-state index contributed by atoms with van der Waals surface area (Å²) >= 11 is 0. The molecule has 0 spiro atoms. The van der Waals surface area contributed by atoms with Crippen LogP contribution in [0.4, 0.5) is 0 Å². The van der Waals surface area contributed by atoms with E-state index in [4.69, 9.17) is 4.74 Å². The topological polar surface area (TPSA) is 22.1 Å². The van der Waals surface area contributed by atoms with Crippen LogP contribution in [0.25, 0.3) is 0 Å². The van der Waals surface area contributed by atoms with Crippen LogP contribution in [-0.4, -0.2) is 11.1 Å². The van der Waals surface area contributed by atoms with E-state index in [1.807, 2.05) is 50.4 Å². The lowest BCUT2D eigenvalue weighted by Gasteiger charge is -2.09. The highest BCUT2D eigenvalue weighted by molar-refractivity contribution is 5.17. The third-order valence-corrected chi connectivity index (χ3v) is 2.06. The van der Waals surface area contributed by atoms with Crippen molar-refractivity contribution in [1.29, 1.82) is 0 Å². The zero-order valence-electron chi connectivity index (χ0n) is 10.2. The number of hydrogen-bond donors (Lipinski definition) is 0. The number of aromatic nitrogens is 1. The Balaban J connectivity index is 2.45. The van der Waals surface area contributed by atoms with E-state index in [2.05, 4.69) is 18.0 Å². The van der Waals surface area contributed by atoms with Crippen molar-refractivity contribution in [2.24, 2.45) is 0 Å². The number of pyridine rings is 1. The summed E-state index contributed by atoms with van der Waals surface area (Å²) in [4.78, 5) is 4.19. The Kier molecular flexibility index (Phi) is 5.34. The number of rotatable bonds is 5. The minimum absolute atomic E-state index is 0.0386. The molecule has 0 saturated heterocycles. The summed E-state index contributed by atoms with van der Waals surface area (Å²) < 4.78 is 5.62. The minimum Gasteiger partial charge on any atom is -0.470 e. The molecule has 1 aromatic rings. The van der Waals surface area contributed by atoms with Gasteiger partial charge < -0.3 is 4.74 Å². The largest absolute Gasteiger partial charge is 0.470 e. The molecule has 0 aliphatic carbocycles. The first-order chi connectivity index (χ1) is 7.72. The van der Waals surface area contributed by atoms with Crippen molar-refractivity contribution >= 4 is 0 Å². The predicted octanol–water partition coefficient (Wildman–Crippen LogP) is 3.68. The van der Waals surface area contributed by atoms with Crippen LogP contribution in [-0.2, 0) is 0 Å². The maximum Gasteiger partial charge on any atom is 0.213 e. The van der Waals surface area contributed by atoms with Gasteiger partial charge in [-0.2, -0.15) is 0 Å². The Labute approximate surface area is 97.7 Å². The van der Waals surface area contributed by atoms with Crippen molar-refractivity contribution in [3.8, 4) is 5.88 Å². The molecule has 1 heterocycles. The third kappa shape index (κ3) is 4.78. The number of nitrogens with zero attached hydrogens (tertiary/aromatic N) is 1. The Bertz CT molecular complexity index is 352. The van der Waals surface area contributed by atoms with Crippen molar-refractivity contribution in [3.63, 3.8) is 0 Å². The van der Waals surface area contributed by atoms with Crippen LogP contribution in [0.5, 0.6) is 5.88 Å². The fourth-order valence-electron chi connectivity index (χ4n) is 1.19. The van der Waals surface area contributed by atoms with Crippen molar-refractivity contribution in [1.82, 2.24) is 4.98 Å². The first kappa shape index (κ1) is 12.5. The molecule has 1 rings (SSSR count). The van der Waals surface area contributed by atoms with E-state index in [1.54, 1.807) is 0 Å². The molecule has 0 amide bonds. The molecule has 2 nitrogen and oxygen atoms in total. The second-order valence-electron chi connectivity index (χ2n) is 3.72. The standard InChI is InChI=1S/C14H19NO/c1-4-5-6-7-8-13(3)16-14-10-9-12(2)11-15-14/h5-11,13H,4H2,1-3H3/b6-5-,8-7-. The highest BCUT2D eigenvalue weighted by atomic mass is 16.5. The fourth-order valence-corrected chi connectivity index (χ4v) is 1.19. The molecular formula is C14H19NO. The number of allylic oxidation sites excluding steroid dienone is 3. The Morgan fingerprint density at radius 1 is 1.38 bits per heavy atom. The van der Waals surface area contributed by atoms with Gasteiger partial charge in [0.25, 0.3) is 0 Å². The summed E-state index contributed by atoms with van der Waals surface area (Å²) in [7, 11) is 0. The van der Waals surface area contributed by atoms with Crippen LogP contribution in [0.1, 0.15) is 25.8 Å². The van der Waals surface area contributed by atoms with E-state index in [0.29, 0.717) is 5.88 Å². The summed E-state index contributed by atoms with van der Waals surface area (Å²) in [6, 6.07) is 3.89. The highest BCUT2D eigenvalue weighted by Crippen LogP contribution is 2.09. The normalized spacial score (nSPS) is 13.4. The molecule has 1 unspecified atom stereocenters. The van der Waals surface area contributed by atoms with Gasteiger partial charge in [-0.1, -0.05) is 31.2 Å². The first-order valence-corrected chi connectivity index (χ1v) is 5.65. The number of hydrogen-bond acceptors (Lipinski definition) is 2. The molecule has 2 heteroatoms.